The van der Waals surface area contributed by atoms with Crippen LogP contribution >= 0.6 is 0 Å². The number of fused-ring (bicyclic) bond motifs is 1. The summed E-state index contributed by atoms with van der Waals surface area (Å²) in [6.07, 6.45) is 2.77. The van der Waals surface area contributed by atoms with Crippen molar-refractivity contribution in [2.24, 2.45) is 0 Å². The number of methoxy groups -OCH3 is 1. The number of ether oxygens (including phenoxy) is 2. The van der Waals surface area contributed by atoms with E-state index in [1.165, 1.54) is 0 Å². The standard InChI is InChI=1S/C18H17N5O9S2/c1-30-17-15-12(33(26,27)23-18(15)25)7-11(22-34(28,29)14-4-6-21-32-14)16(17)31-9-13(24)20-8-10-3-2-5-19-10/h2-7,19,22H,8-9H2,1H3,(H,20,24)(H,23,25). The van der Waals surface area contributed by atoms with Gasteiger partial charge in [0.1, 0.15) is 10.5 Å². The fourth-order valence-electron chi connectivity index (χ4n) is 3.08. The van der Waals surface area contributed by atoms with Gasteiger partial charge in [-0.15, -0.1) is 0 Å². The Morgan fingerprint density at radius 2 is 2.06 bits per heavy atom. The first-order valence-electron chi connectivity index (χ1n) is 9.40. The Labute approximate surface area is 192 Å². The number of rotatable bonds is 9. The Morgan fingerprint density at radius 1 is 1.26 bits per heavy atom. The predicted molar refractivity (Wildman–Crippen MR) is 113 cm³/mol. The first kappa shape index (κ1) is 23.1. The highest BCUT2D eigenvalue weighted by Crippen LogP contribution is 2.45. The molecule has 3 heterocycles. The van der Waals surface area contributed by atoms with Crippen LogP contribution in [0.3, 0.4) is 0 Å². The van der Waals surface area contributed by atoms with Gasteiger partial charge in [-0.1, -0.05) is 5.16 Å². The maximum atomic E-state index is 12.7. The molecule has 1 aliphatic rings. The van der Waals surface area contributed by atoms with Gasteiger partial charge in [0.2, 0.25) is 0 Å². The number of H-pyrrole nitrogens is 1. The number of hydrogen-bond acceptors (Lipinski definition) is 10. The summed E-state index contributed by atoms with van der Waals surface area (Å²) in [5.74, 6) is -2.36. The van der Waals surface area contributed by atoms with E-state index in [2.05, 4.69) is 24.7 Å². The summed E-state index contributed by atoms with van der Waals surface area (Å²) in [5.41, 5.74) is -0.0815. The highest BCUT2D eigenvalue weighted by Gasteiger charge is 2.39. The highest BCUT2D eigenvalue weighted by atomic mass is 32.2. The molecule has 0 spiro atoms. The molecule has 180 valence electrons. The zero-order valence-electron chi connectivity index (χ0n) is 17.3. The Hall–Kier alpha value is -4.05. The van der Waals surface area contributed by atoms with Gasteiger partial charge in [-0.3, -0.25) is 14.3 Å². The molecule has 0 fully saturated rings. The second-order valence-electron chi connectivity index (χ2n) is 6.79. The number of nitrogens with one attached hydrogen (secondary N) is 4. The van der Waals surface area contributed by atoms with Crippen molar-refractivity contribution >= 4 is 37.5 Å². The number of amides is 2. The zero-order chi connectivity index (χ0) is 24.5. The molecule has 0 bridgehead atoms. The zero-order valence-corrected chi connectivity index (χ0v) is 18.9. The average Bonchev–Trinajstić information content (AvgIpc) is 3.52. The number of aromatic nitrogens is 2. The first-order valence-corrected chi connectivity index (χ1v) is 12.4. The van der Waals surface area contributed by atoms with Crippen LogP contribution in [0.15, 0.2) is 51.2 Å². The lowest BCUT2D eigenvalue weighted by atomic mass is 10.1. The SMILES string of the molecule is COc1c(OCC(=O)NCc2ccc[nH]2)c(NS(=O)(=O)c2ccno2)cc2c1C(=O)NS2(=O)=O. The normalized spacial score (nSPS) is 14.2. The lowest BCUT2D eigenvalue weighted by Crippen LogP contribution is -2.29. The molecule has 0 aliphatic carbocycles. The molecular formula is C18H17N5O9S2. The summed E-state index contributed by atoms with van der Waals surface area (Å²) >= 11 is 0. The third-order valence-electron chi connectivity index (χ3n) is 4.56. The fraction of sp³-hybridized carbons (Fsp3) is 0.167. The minimum Gasteiger partial charge on any atom is -0.492 e. The summed E-state index contributed by atoms with van der Waals surface area (Å²) in [5, 5.41) is 5.34. The maximum Gasteiger partial charge on any atom is 0.298 e. The van der Waals surface area contributed by atoms with E-state index in [-0.39, 0.29) is 18.0 Å². The summed E-state index contributed by atoms with van der Waals surface area (Å²) in [6, 6.07) is 5.44. The van der Waals surface area contributed by atoms with Crippen LogP contribution in [-0.2, 0) is 31.4 Å². The van der Waals surface area contributed by atoms with Crippen molar-refractivity contribution < 1.29 is 40.4 Å². The predicted octanol–water partition coefficient (Wildman–Crippen LogP) is -0.0606. The van der Waals surface area contributed by atoms with E-state index in [9.17, 15) is 26.4 Å². The van der Waals surface area contributed by atoms with Crippen LogP contribution in [0.25, 0.3) is 0 Å². The van der Waals surface area contributed by atoms with Crippen molar-refractivity contribution in [1.29, 1.82) is 0 Å². The van der Waals surface area contributed by atoms with Crippen LogP contribution in [0.5, 0.6) is 11.5 Å². The second kappa shape index (κ2) is 8.71. The maximum absolute atomic E-state index is 12.7. The molecule has 0 saturated heterocycles. The Morgan fingerprint density at radius 3 is 2.71 bits per heavy atom. The number of nitrogens with zero attached hydrogens (tertiary/aromatic N) is 1. The van der Waals surface area contributed by atoms with Gasteiger partial charge in [0.15, 0.2) is 18.1 Å². The molecule has 0 unspecified atom stereocenters. The molecule has 16 heteroatoms. The van der Waals surface area contributed by atoms with Crippen LogP contribution in [0.2, 0.25) is 0 Å². The molecule has 14 nitrogen and oxygen atoms in total. The van der Waals surface area contributed by atoms with Crippen molar-refractivity contribution in [2.45, 2.75) is 16.5 Å². The number of hydrogen-bond donors (Lipinski definition) is 4. The van der Waals surface area contributed by atoms with Gasteiger partial charge >= 0.3 is 0 Å². The van der Waals surface area contributed by atoms with Gasteiger partial charge in [-0.05, 0) is 18.2 Å². The van der Waals surface area contributed by atoms with E-state index in [1.807, 2.05) is 0 Å². The van der Waals surface area contributed by atoms with Gasteiger partial charge < -0.3 is 24.3 Å². The topological polar surface area (TPSA) is 199 Å². The van der Waals surface area contributed by atoms with Crippen molar-refractivity contribution in [3.63, 3.8) is 0 Å². The van der Waals surface area contributed by atoms with Gasteiger partial charge in [0, 0.05) is 18.0 Å². The summed E-state index contributed by atoms with van der Waals surface area (Å²) in [7, 11) is -7.55. The van der Waals surface area contributed by atoms with E-state index < -0.39 is 59.7 Å². The molecule has 4 N–H and O–H groups in total. The van der Waals surface area contributed by atoms with E-state index in [1.54, 1.807) is 23.1 Å². The molecule has 2 aromatic heterocycles. The van der Waals surface area contributed by atoms with Crippen molar-refractivity contribution in [1.82, 2.24) is 20.2 Å². The Balaban J connectivity index is 1.70. The molecule has 2 amide bonds. The van der Waals surface area contributed by atoms with Gasteiger partial charge in [-0.2, -0.15) is 8.42 Å². The van der Waals surface area contributed by atoms with E-state index in [4.69, 9.17) is 9.47 Å². The third-order valence-corrected chi connectivity index (χ3v) is 7.14. The third kappa shape index (κ3) is 4.40. The Kier molecular flexibility index (Phi) is 5.92. The van der Waals surface area contributed by atoms with E-state index >= 15 is 0 Å². The number of benzene rings is 1. The quantitative estimate of drug-likeness (QED) is 0.302. The van der Waals surface area contributed by atoms with Crippen LogP contribution in [0.4, 0.5) is 5.69 Å². The minimum atomic E-state index is -4.38. The molecule has 0 saturated carbocycles. The van der Waals surface area contributed by atoms with E-state index in [0.717, 1.165) is 31.1 Å². The van der Waals surface area contributed by atoms with Crippen molar-refractivity contribution in [2.75, 3.05) is 18.4 Å². The van der Waals surface area contributed by atoms with E-state index in [0.29, 0.717) is 0 Å². The molecule has 0 atom stereocenters. The smallest absolute Gasteiger partial charge is 0.298 e. The number of carbonyl (C=O) groups excluding carboxylic acids is 2. The molecular weight excluding hydrogens is 494 g/mol. The first-order chi connectivity index (χ1) is 16.1. The summed E-state index contributed by atoms with van der Waals surface area (Å²) in [4.78, 5) is 26.9. The molecule has 34 heavy (non-hydrogen) atoms. The van der Waals surface area contributed by atoms with Crippen LogP contribution in [-0.4, -0.2) is 52.5 Å². The second-order valence-corrected chi connectivity index (χ2v) is 10.1. The lowest BCUT2D eigenvalue weighted by Gasteiger charge is -2.17. The van der Waals surface area contributed by atoms with Gasteiger partial charge in [0.05, 0.1) is 25.5 Å². The molecule has 1 aliphatic heterocycles. The highest BCUT2D eigenvalue weighted by molar-refractivity contribution is 7.92. The lowest BCUT2D eigenvalue weighted by molar-refractivity contribution is -0.123. The average molecular weight is 511 g/mol. The van der Waals surface area contributed by atoms with Crippen molar-refractivity contribution in [3.05, 3.63) is 47.9 Å². The van der Waals surface area contributed by atoms with Crippen molar-refractivity contribution in [3.8, 4) is 11.5 Å². The molecule has 1 aromatic carbocycles. The van der Waals surface area contributed by atoms with Gasteiger partial charge in [-0.25, -0.2) is 13.1 Å². The van der Waals surface area contributed by atoms with Crippen LogP contribution < -0.4 is 24.2 Å². The monoisotopic (exact) mass is 511 g/mol. The number of sulfonamides is 2. The largest absolute Gasteiger partial charge is 0.492 e. The summed E-state index contributed by atoms with van der Waals surface area (Å²) in [6.45, 7) is -0.441. The number of carbonyl (C=O) groups is 2. The van der Waals surface area contributed by atoms with Gasteiger partial charge in [0.25, 0.3) is 37.0 Å². The molecule has 3 aromatic rings. The Bertz CT molecular complexity index is 1450. The van der Waals surface area contributed by atoms with Crippen LogP contribution in [0, 0.1) is 0 Å². The number of aromatic amines is 1. The molecule has 4 rings (SSSR count). The molecule has 0 radical (unpaired) electrons. The summed E-state index contributed by atoms with van der Waals surface area (Å²) < 4.78 is 69.3. The fourth-order valence-corrected chi connectivity index (χ4v) is 5.19. The van der Waals surface area contributed by atoms with Crippen LogP contribution in [0.1, 0.15) is 16.1 Å². The minimum absolute atomic E-state index is 0.169. The number of anilines is 1.